The van der Waals surface area contributed by atoms with Crippen LogP contribution in [0, 0.1) is 0 Å². The number of hydrogen-bond donors (Lipinski definition) is 4. The molecule has 0 bridgehead atoms. The smallest absolute Gasteiger partial charge is 0.412 e. The van der Waals surface area contributed by atoms with E-state index >= 15 is 0 Å². The highest BCUT2D eigenvalue weighted by atomic mass is 16.7. The number of methoxy groups -OCH3 is 1. The van der Waals surface area contributed by atoms with Crippen LogP contribution in [-0.2, 0) is 30.1 Å². The number of amides is 3. The van der Waals surface area contributed by atoms with Crippen molar-refractivity contribution in [3.63, 3.8) is 0 Å². The molecule has 0 spiro atoms. The third-order valence-electron chi connectivity index (χ3n) is 6.35. The van der Waals surface area contributed by atoms with Crippen molar-refractivity contribution in [3.05, 3.63) is 90.5 Å². The standard InChI is InChI=1S/C30H33N3O9/c1-3-19-11-10-16-22(17-19)33-30(37)40-24-23(18-34)39-27(38-2)26(42-29(36)32-21-14-8-5-9-15-21)25(24)41-28(35)31-20-12-6-4-7-13-20/h4-17,23-27,34H,3,18H2,1-2H3,(H,31,35)(H,32,36)(H,33,37)/t23-,24-,25+,26-,27+/m1/s1. The molecular formula is C30H33N3O9. The lowest BCUT2D eigenvalue weighted by Crippen LogP contribution is -2.63. The van der Waals surface area contributed by atoms with E-state index in [4.69, 9.17) is 23.7 Å². The van der Waals surface area contributed by atoms with Crippen LogP contribution in [0.4, 0.5) is 31.4 Å². The molecule has 222 valence electrons. The van der Waals surface area contributed by atoms with E-state index in [-0.39, 0.29) is 0 Å². The van der Waals surface area contributed by atoms with Gasteiger partial charge in [-0.1, -0.05) is 55.5 Å². The van der Waals surface area contributed by atoms with Crippen LogP contribution in [0.15, 0.2) is 84.9 Å². The number of anilines is 3. The Balaban J connectivity index is 1.59. The van der Waals surface area contributed by atoms with E-state index in [9.17, 15) is 19.5 Å². The van der Waals surface area contributed by atoms with Crippen molar-refractivity contribution in [2.75, 3.05) is 29.7 Å². The summed E-state index contributed by atoms with van der Waals surface area (Å²) in [6.45, 7) is 1.34. The molecule has 1 aliphatic rings. The van der Waals surface area contributed by atoms with Gasteiger partial charge in [-0.15, -0.1) is 0 Å². The average molecular weight is 580 g/mol. The Morgan fingerprint density at radius 3 is 1.74 bits per heavy atom. The van der Waals surface area contributed by atoms with Crippen molar-refractivity contribution in [2.24, 2.45) is 0 Å². The molecule has 3 aromatic rings. The lowest BCUT2D eigenvalue weighted by molar-refractivity contribution is -0.290. The molecule has 5 atom stereocenters. The molecular weight excluding hydrogens is 546 g/mol. The quantitative estimate of drug-likeness (QED) is 0.263. The average Bonchev–Trinajstić information content (AvgIpc) is 2.99. The number of carbonyl (C=O) groups is 3. The van der Waals surface area contributed by atoms with Crippen molar-refractivity contribution < 1.29 is 43.2 Å². The first kappa shape index (κ1) is 30.3. The van der Waals surface area contributed by atoms with Crippen LogP contribution in [0.2, 0.25) is 0 Å². The maximum Gasteiger partial charge on any atom is 0.412 e. The molecule has 1 aliphatic heterocycles. The normalized spacial score (nSPS) is 21.5. The third kappa shape index (κ3) is 8.19. The number of carbonyl (C=O) groups excluding carboxylic acids is 3. The van der Waals surface area contributed by atoms with Crippen LogP contribution in [0.25, 0.3) is 0 Å². The zero-order valence-corrected chi connectivity index (χ0v) is 23.1. The summed E-state index contributed by atoms with van der Waals surface area (Å²) in [5.41, 5.74) is 2.34. The Bertz CT molecular complexity index is 1330. The molecule has 4 rings (SSSR count). The summed E-state index contributed by atoms with van der Waals surface area (Å²) in [4.78, 5) is 38.9. The highest BCUT2D eigenvalue weighted by Gasteiger charge is 2.52. The molecule has 3 aromatic carbocycles. The minimum Gasteiger partial charge on any atom is -0.439 e. The molecule has 1 saturated heterocycles. The van der Waals surface area contributed by atoms with E-state index < -0.39 is 55.6 Å². The SMILES string of the molecule is CCc1cccc(NC(=O)O[C@H]2[C@H](OC(=O)Nc3ccccc3)[C@@H](OC(=O)Nc3ccccc3)[C@@H](OC)O[C@@H]2CO)c1. The van der Waals surface area contributed by atoms with Gasteiger partial charge in [-0.05, 0) is 48.4 Å². The fourth-order valence-corrected chi connectivity index (χ4v) is 4.34. The maximum atomic E-state index is 13.0. The van der Waals surface area contributed by atoms with Crippen LogP contribution in [0.1, 0.15) is 12.5 Å². The summed E-state index contributed by atoms with van der Waals surface area (Å²) in [5, 5.41) is 17.9. The van der Waals surface area contributed by atoms with E-state index in [2.05, 4.69) is 16.0 Å². The van der Waals surface area contributed by atoms with E-state index in [0.717, 1.165) is 12.0 Å². The van der Waals surface area contributed by atoms with E-state index in [1.54, 1.807) is 78.9 Å². The summed E-state index contributed by atoms with van der Waals surface area (Å²) < 4.78 is 28.1. The van der Waals surface area contributed by atoms with Crippen molar-refractivity contribution in [3.8, 4) is 0 Å². The monoisotopic (exact) mass is 579 g/mol. The number of aryl methyl sites for hydroxylation is 1. The summed E-state index contributed by atoms with van der Waals surface area (Å²) >= 11 is 0. The number of ether oxygens (including phenoxy) is 5. The van der Waals surface area contributed by atoms with Gasteiger partial charge in [0, 0.05) is 24.2 Å². The number of aliphatic hydroxyl groups excluding tert-OH is 1. The first-order valence-electron chi connectivity index (χ1n) is 13.3. The van der Waals surface area contributed by atoms with E-state index in [0.29, 0.717) is 17.1 Å². The number of hydrogen-bond acceptors (Lipinski definition) is 9. The largest absolute Gasteiger partial charge is 0.439 e. The van der Waals surface area contributed by atoms with Gasteiger partial charge in [0.1, 0.15) is 6.10 Å². The number of rotatable bonds is 9. The Kier molecular flexibility index (Phi) is 10.7. The minimum atomic E-state index is -1.46. The molecule has 1 heterocycles. The second-order valence-electron chi connectivity index (χ2n) is 9.23. The zero-order valence-electron chi connectivity index (χ0n) is 23.1. The third-order valence-corrected chi connectivity index (χ3v) is 6.35. The topological polar surface area (TPSA) is 154 Å². The van der Waals surface area contributed by atoms with E-state index in [1.807, 2.05) is 13.0 Å². The number of para-hydroxylation sites is 2. The van der Waals surface area contributed by atoms with Crippen molar-refractivity contribution >= 4 is 35.3 Å². The molecule has 0 aromatic heterocycles. The van der Waals surface area contributed by atoms with Gasteiger partial charge in [0.15, 0.2) is 24.6 Å². The second-order valence-corrected chi connectivity index (χ2v) is 9.23. The highest BCUT2D eigenvalue weighted by molar-refractivity contribution is 5.86. The van der Waals surface area contributed by atoms with Gasteiger partial charge in [-0.2, -0.15) is 0 Å². The van der Waals surface area contributed by atoms with Crippen LogP contribution in [0.3, 0.4) is 0 Å². The first-order valence-corrected chi connectivity index (χ1v) is 13.3. The lowest BCUT2D eigenvalue weighted by atomic mass is 9.98. The molecule has 0 aliphatic carbocycles. The fraction of sp³-hybridized carbons (Fsp3) is 0.300. The van der Waals surface area contributed by atoms with Gasteiger partial charge >= 0.3 is 18.3 Å². The zero-order chi connectivity index (χ0) is 29.9. The van der Waals surface area contributed by atoms with Gasteiger partial charge in [0.2, 0.25) is 0 Å². The fourth-order valence-electron chi connectivity index (χ4n) is 4.34. The van der Waals surface area contributed by atoms with Crippen LogP contribution >= 0.6 is 0 Å². The molecule has 0 radical (unpaired) electrons. The molecule has 0 saturated carbocycles. The Hall–Kier alpha value is -4.65. The van der Waals surface area contributed by atoms with Crippen LogP contribution in [-0.4, -0.2) is 67.8 Å². The van der Waals surface area contributed by atoms with Crippen molar-refractivity contribution in [1.82, 2.24) is 0 Å². The highest BCUT2D eigenvalue weighted by Crippen LogP contribution is 2.30. The second kappa shape index (κ2) is 14.8. The Labute approximate surface area is 242 Å². The number of nitrogens with one attached hydrogen (secondary N) is 3. The molecule has 12 heteroatoms. The van der Waals surface area contributed by atoms with Gasteiger partial charge in [-0.25, -0.2) is 14.4 Å². The van der Waals surface area contributed by atoms with Gasteiger partial charge in [-0.3, -0.25) is 16.0 Å². The van der Waals surface area contributed by atoms with Crippen molar-refractivity contribution in [2.45, 2.75) is 44.1 Å². The summed E-state index contributed by atoms with van der Waals surface area (Å²) in [7, 11) is 1.29. The minimum absolute atomic E-state index is 0.432. The summed E-state index contributed by atoms with van der Waals surface area (Å²) in [6.07, 6.45) is -8.76. The first-order chi connectivity index (χ1) is 20.4. The van der Waals surface area contributed by atoms with Crippen molar-refractivity contribution in [1.29, 1.82) is 0 Å². The number of benzene rings is 3. The van der Waals surface area contributed by atoms with Gasteiger partial charge in [0.25, 0.3) is 0 Å². The Morgan fingerprint density at radius 2 is 1.21 bits per heavy atom. The predicted octanol–water partition coefficient (Wildman–Crippen LogP) is 4.76. The maximum absolute atomic E-state index is 13.0. The number of aliphatic hydroxyl groups is 1. The van der Waals surface area contributed by atoms with Gasteiger partial charge in [0.05, 0.1) is 6.61 Å². The van der Waals surface area contributed by atoms with E-state index in [1.165, 1.54) is 7.11 Å². The molecule has 12 nitrogen and oxygen atoms in total. The summed E-state index contributed by atoms with van der Waals surface area (Å²) in [6, 6.07) is 24.2. The van der Waals surface area contributed by atoms with Crippen LogP contribution < -0.4 is 16.0 Å². The molecule has 1 fully saturated rings. The van der Waals surface area contributed by atoms with Gasteiger partial charge < -0.3 is 28.8 Å². The lowest BCUT2D eigenvalue weighted by Gasteiger charge is -2.43. The van der Waals surface area contributed by atoms with Crippen LogP contribution in [0.5, 0.6) is 0 Å². The molecule has 4 N–H and O–H groups in total. The molecule has 0 unspecified atom stereocenters. The molecule has 3 amide bonds. The predicted molar refractivity (Wildman–Crippen MR) is 153 cm³/mol. The molecule has 42 heavy (non-hydrogen) atoms. The Morgan fingerprint density at radius 1 is 0.714 bits per heavy atom. The summed E-state index contributed by atoms with van der Waals surface area (Å²) in [5.74, 6) is 0.